The molecule has 0 saturated heterocycles. The van der Waals surface area contributed by atoms with E-state index in [1.165, 1.54) is 0 Å². The summed E-state index contributed by atoms with van der Waals surface area (Å²) in [4.78, 5) is 12.0. The Kier molecular flexibility index (Phi) is 4.89. The second-order valence-corrected chi connectivity index (χ2v) is 5.79. The second-order valence-electron chi connectivity index (χ2n) is 5.79. The maximum atomic E-state index is 12.0. The van der Waals surface area contributed by atoms with Gasteiger partial charge in [-0.3, -0.25) is 4.79 Å². The van der Waals surface area contributed by atoms with Gasteiger partial charge in [-0.05, 0) is 43.2 Å². The van der Waals surface area contributed by atoms with Gasteiger partial charge in [0.1, 0.15) is 18.5 Å². The van der Waals surface area contributed by atoms with Crippen LogP contribution in [0, 0.1) is 13.8 Å². The summed E-state index contributed by atoms with van der Waals surface area (Å²) < 4.78 is 17.0. The third-order valence-corrected chi connectivity index (χ3v) is 4.01. The quantitative estimate of drug-likeness (QED) is 0.917. The minimum atomic E-state index is -0.204. The van der Waals surface area contributed by atoms with Crippen molar-refractivity contribution in [3.8, 4) is 17.2 Å². The molecule has 0 aromatic heterocycles. The molecular formula is C19H21NO4. The van der Waals surface area contributed by atoms with Crippen molar-refractivity contribution in [3.05, 3.63) is 53.6 Å². The molecular weight excluding hydrogens is 306 g/mol. The van der Waals surface area contributed by atoms with E-state index in [2.05, 4.69) is 5.32 Å². The summed E-state index contributed by atoms with van der Waals surface area (Å²) in [5.74, 6) is 1.99. The number of rotatable bonds is 5. The number of ether oxygens (including phenoxy) is 3. The average Bonchev–Trinajstić information content (AvgIpc) is 2.61. The molecule has 0 spiro atoms. The molecule has 1 atom stereocenters. The molecule has 2 aromatic carbocycles. The summed E-state index contributed by atoms with van der Waals surface area (Å²) in [6.45, 7) is 4.76. The molecule has 1 aliphatic rings. The van der Waals surface area contributed by atoms with Crippen molar-refractivity contribution in [2.24, 2.45) is 0 Å². The summed E-state index contributed by atoms with van der Waals surface area (Å²) in [7, 11) is 0. The van der Waals surface area contributed by atoms with Crippen LogP contribution in [0.5, 0.6) is 17.2 Å². The van der Waals surface area contributed by atoms with Crippen molar-refractivity contribution in [3.63, 3.8) is 0 Å². The van der Waals surface area contributed by atoms with Crippen molar-refractivity contribution in [2.75, 3.05) is 19.8 Å². The first-order valence-electron chi connectivity index (χ1n) is 7.97. The Morgan fingerprint density at radius 2 is 1.96 bits per heavy atom. The fourth-order valence-electron chi connectivity index (χ4n) is 2.47. The van der Waals surface area contributed by atoms with Crippen molar-refractivity contribution >= 4 is 5.91 Å². The number of carbonyl (C=O) groups is 1. The molecule has 0 saturated carbocycles. The Morgan fingerprint density at radius 3 is 2.79 bits per heavy atom. The first kappa shape index (κ1) is 16.2. The topological polar surface area (TPSA) is 56.8 Å². The highest BCUT2D eigenvalue weighted by Crippen LogP contribution is 2.30. The Hall–Kier alpha value is -2.69. The lowest BCUT2D eigenvalue weighted by Crippen LogP contribution is -2.42. The Balaban J connectivity index is 1.46. The molecule has 5 nitrogen and oxygen atoms in total. The van der Waals surface area contributed by atoms with Crippen LogP contribution in [0.2, 0.25) is 0 Å². The molecule has 5 heteroatoms. The summed E-state index contributed by atoms with van der Waals surface area (Å²) in [6.07, 6.45) is -0.204. The Labute approximate surface area is 141 Å². The number of hydrogen-bond acceptors (Lipinski definition) is 4. The molecule has 126 valence electrons. The van der Waals surface area contributed by atoms with E-state index in [4.69, 9.17) is 14.2 Å². The van der Waals surface area contributed by atoms with Gasteiger partial charge in [-0.2, -0.15) is 0 Å². The van der Waals surface area contributed by atoms with E-state index >= 15 is 0 Å². The van der Waals surface area contributed by atoms with Gasteiger partial charge in [0, 0.05) is 0 Å². The van der Waals surface area contributed by atoms with Crippen molar-refractivity contribution in [2.45, 2.75) is 20.0 Å². The smallest absolute Gasteiger partial charge is 0.258 e. The summed E-state index contributed by atoms with van der Waals surface area (Å²) >= 11 is 0. The predicted octanol–water partition coefficient (Wildman–Crippen LogP) is 2.64. The van der Waals surface area contributed by atoms with Gasteiger partial charge in [0.15, 0.2) is 18.1 Å². The molecule has 2 aromatic rings. The van der Waals surface area contributed by atoms with Gasteiger partial charge in [0.25, 0.3) is 5.91 Å². The molecule has 0 bridgehead atoms. The zero-order chi connectivity index (χ0) is 16.9. The minimum Gasteiger partial charge on any atom is -0.486 e. The molecule has 1 heterocycles. The maximum absolute atomic E-state index is 12.0. The first-order chi connectivity index (χ1) is 11.6. The molecule has 0 radical (unpaired) electrons. The van der Waals surface area contributed by atoms with Crippen LogP contribution in [0.25, 0.3) is 0 Å². The number of amides is 1. The van der Waals surface area contributed by atoms with Crippen molar-refractivity contribution in [1.82, 2.24) is 5.32 Å². The van der Waals surface area contributed by atoms with Gasteiger partial charge < -0.3 is 19.5 Å². The number of aryl methyl sites for hydroxylation is 1. The van der Waals surface area contributed by atoms with E-state index in [0.717, 1.165) is 22.6 Å². The molecule has 1 unspecified atom stereocenters. The Bertz CT molecular complexity index is 729. The summed E-state index contributed by atoms with van der Waals surface area (Å²) in [5.41, 5.74) is 2.19. The number of benzene rings is 2. The third kappa shape index (κ3) is 3.79. The molecule has 1 amide bonds. The van der Waals surface area contributed by atoms with Gasteiger partial charge in [0.2, 0.25) is 0 Å². The number of carbonyl (C=O) groups excluding carboxylic acids is 1. The number of nitrogens with one attached hydrogen (secondary N) is 1. The summed E-state index contributed by atoms with van der Waals surface area (Å²) in [5, 5.41) is 2.82. The molecule has 24 heavy (non-hydrogen) atoms. The van der Waals surface area contributed by atoms with Crippen LogP contribution < -0.4 is 19.5 Å². The second kappa shape index (κ2) is 7.25. The fraction of sp³-hybridized carbons (Fsp3) is 0.316. The van der Waals surface area contributed by atoms with Crippen LogP contribution in [0.1, 0.15) is 11.1 Å². The normalized spacial score (nSPS) is 15.7. The molecule has 0 aliphatic carbocycles. The largest absolute Gasteiger partial charge is 0.486 e. The lowest BCUT2D eigenvalue weighted by atomic mass is 10.1. The molecule has 3 rings (SSSR count). The van der Waals surface area contributed by atoms with E-state index in [1.54, 1.807) is 0 Å². The molecule has 1 aliphatic heterocycles. The zero-order valence-electron chi connectivity index (χ0n) is 13.9. The average molecular weight is 327 g/mol. The number of fused-ring (bicyclic) bond motifs is 1. The Morgan fingerprint density at radius 1 is 1.17 bits per heavy atom. The van der Waals surface area contributed by atoms with Gasteiger partial charge in [-0.25, -0.2) is 0 Å². The van der Waals surface area contributed by atoms with E-state index in [9.17, 15) is 4.79 Å². The van der Waals surface area contributed by atoms with Crippen LogP contribution in [-0.2, 0) is 4.79 Å². The highest BCUT2D eigenvalue weighted by molar-refractivity contribution is 5.77. The van der Waals surface area contributed by atoms with E-state index in [0.29, 0.717) is 18.9 Å². The first-order valence-corrected chi connectivity index (χ1v) is 7.97. The third-order valence-electron chi connectivity index (χ3n) is 4.01. The summed E-state index contributed by atoms with van der Waals surface area (Å²) in [6, 6.07) is 13.3. The van der Waals surface area contributed by atoms with Crippen LogP contribution >= 0.6 is 0 Å². The number of hydrogen-bond donors (Lipinski definition) is 1. The molecule has 1 N–H and O–H groups in total. The van der Waals surface area contributed by atoms with Gasteiger partial charge in [-0.1, -0.05) is 24.3 Å². The predicted molar refractivity (Wildman–Crippen MR) is 90.8 cm³/mol. The van der Waals surface area contributed by atoms with Crippen molar-refractivity contribution < 1.29 is 19.0 Å². The molecule has 0 fully saturated rings. The standard InChI is InChI=1S/C19H21NO4/c1-13-6-5-9-16(14(13)2)23-12-19(21)20-10-15-11-22-17-7-3-4-8-18(17)24-15/h3-9,15H,10-12H2,1-2H3,(H,20,21). The minimum absolute atomic E-state index is 0.0194. The monoisotopic (exact) mass is 327 g/mol. The zero-order valence-corrected chi connectivity index (χ0v) is 13.9. The lowest BCUT2D eigenvalue weighted by Gasteiger charge is -2.26. The van der Waals surface area contributed by atoms with E-state index in [1.807, 2.05) is 56.3 Å². The van der Waals surface area contributed by atoms with Gasteiger partial charge in [-0.15, -0.1) is 0 Å². The van der Waals surface area contributed by atoms with E-state index < -0.39 is 0 Å². The highest BCUT2D eigenvalue weighted by Gasteiger charge is 2.21. The lowest BCUT2D eigenvalue weighted by molar-refractivity contribution is -0.123. The van der Waals surface area contributed by atoms with Crippen LogP contribution in [0.3, 0.4) is 0 Å². The van der Waals surface area contributed by atoms with Crippen LogP contribution in [0.15, 0.2) is 42.5 Å². The SMILES string of the molecule is Cc1cccc(OCC(=O)NCC2COc3ccccc3O2)c1C. The maximum Gasteiger partial charge on any atom is 0.258 e. The van der Waals surface area contributed by atoms with Gasteiger partial charge >= 0.3 is 0 Å². The number of para-hydroxylation sites is 2. The van der Waals surface area contributed by atoms with Crippen LogP contribution in [0.4, 0.5) is 0 Å². The fourth-order valence-corrected chi connectivity index (χ4v) is 2.47. The van der Waals surface area contributed by atoms with E-state index in [-0.39, 0.29) is 18.6 Å². The van der Waals surface area contributed by atoms with Crippen LogP contribution in [-0.4, -0.2) is 31.8 Å². The van der Waals surface area contributed by atoms with Crippen molar-refractivity contribution in [1.29, 1.82) is 0 Å². The highest BCUT2D eigenvalue weighted by atomic mass is 16.6. The van der Waals surface area contributed by atoms with Gasteiger partial charge in [0.05, 0.1) is 6.54 Å².